The lowest BCUT2D eigenvalue weighted by Gasteiger charge is -2.27. The number of imidazole rings is 2. The topological polar surface area (TPSA) is 234 Å². The van der Waals surface area contributed by atoms with Crippen LogP contribution in [-0.4, -0.2) is 75.5 Å². The van der Waals surface area contributed by atoms with Crippen LogP contribution in [0.4, 0.5) is 11.9 Å². The highest BCUT2D eigenvalue weighted by atomic mass is 16.5. The number of anilines is 2. The van der Waals surface area contributed by atoms with Crippen LogP contribution in [-0.2, 0) is 13.1 Å². The Hall–Kier alpha value is -6.98. The molecular formula is C38H40N12O6. The number of carbonyl (C=O) groups excluding carboxylic acids is 4. The first-order valence-corrected chi connectivity index (χ1v) is 18.3. The van der Waals surface area contributed by atoms with Crippen molar-refractivity contribution >= 4 is 57.6 Å². The molecule has 6 heterocycles. The molecule has 0 saturated carbocycles. The van der Waals surface area contributed by atoms with Gasteiger partial charge in [0.1, 0.15) is 47.1 Å². The molecule has 6 N–H and O–H groups in total. The van der Waals surface area contributed by atoms with Crippen LogP contribution < -0.4 is 31.6 Å². The van der Waals surface area contributed by atoms with E-state index in [1.54, 1.807) is 45.8 Å². The summed E-state index contributed by atoms with van der Waals surface area (Å²) in [6.07, 6.45) is 5.02. The second kappa shape index (κ2) is 14.0. The molecule has 0 aliphatic carbocycles. The molecule has 4 amide bonds. The van der Waals surface area contributed by atoms with E-state index in [0.29, 0.717) is 94.2 Å². The molecule has 18 heteroatoms. The number of primary amides is 2. The molecule has 288 valence electrons. The van der Waals surface area contributed by atoms with E-state index in [-0.39, 0.29) is 48.2 Å². The van der Waals surface area contributed by atoms with Crippen molar-refractivity contribution in [3.05, 3.63) is 82.5 Å². The lowest BCUT2D eigenvalue weighted by atomic mass is 10.1. The number of nitrogens with one attached hydrogen (secondary N) is 2. The van der Waals surface area contributed by atoms with E-state index in [1.807, 2.05) is 49.0 Å². The van der Waals surface area contributed by atoms with Gasteiger partial charge in [-0.25, -0.2) is 9.97 Å². The Balaban J connectivity index is 1.08. The van der Waals surface area contributed by atoms with Crippen molar-refractivity contribution in [3.63, 3.8) is 0 Å². The van der Waals surface area contributed by atoms with Crippen LogP contribution in [0, 0.1) is 13.8 Å². The number of rotatable bonds is 12. The van der Waals surface area contributed by atoms with E-state index in [1.165, 1.54) is 0 Å². The zero-order valence-corrected chi connectivity index (χ0v) is 31.2. The van der Waals surface area contributed by atoms with Crippen molar-refractivity contribution in [1.29, 1.82) is 0 Å². The number of nitrogens with zero attached hydrogens (tertiary/aromatic N) is 8. The highest BCUT2D eigenvalue weighted by Crippen LogP contribution is 2.40. The summed E-state index contributed by atoms with van der Waals surface area (Å²) in [5.41, 5.74) is 16.1. The zero-order chi connectivity index (χ0) is 39.4. The quantitative estimate of drug-likeness (QED) is 0.131. The Morgan fingerprint density at radius 3 is 1.48 bits per heavy atom. The maximum Gasteiger partial charge on any atom is 0.276 e. The molecule has 18 nitrogen and oxygen atoms in total. The summed E-state index contributed by atoms with van der Waals surface area (Å²) >= 11 is 0. The molecule has 2 aliphatic rings. The highest BCUT2D eigenvalue weighted by Gasteiger charge is 2.31. The Bertz CT molecular complexity index is 2450. The molecule has 2 atom stereocenters. The second-order valence-electron chi connectivity index (χ2n) is 13.8. The van der Waals surface area contributed by atoms with Crippen molar-refractivity contribution < 1.29 is 28.7 Å². The number of benzene rings is 2. The number of amides is 4. The fourth-order valence-corrected chi connectivity index (χ4v) is 7.43. The summed E-state index contributed by atoms with van der Waals surface area (Å²) < 4.78 is 19.4. The molecule has 6 aromatic rings. The minimum Gasteiger partial charge on any atom is -0.489 e. The average molecular weight is 761 g/mol. The van der Waals surface area contributed by atoms with Crippen LogP contribution in [0.1, 0.15) is 91.9 Å². The highest BCUT2D eigenvalue weighted by molar-refractivity contribution is 6.05. The van der Waals surface area contributed by atoms with Gasteiger partial charge in [0.2, 0.25) is 23.7 Å². The van der Waals surface area contributed by atoms with Crippen LogP contribution in [0.15, 0.2) is 48.6 Å². The van der Waals surface area contributed by atoms with Crippen molar-refractivity contribution in [2.24, 2.45) is 11.5 Å². The summed E-state index contributed by atoms with van der Waals surface area (Å²) in [6.45, 7) is 8.93. The van der Waals surface area contributed by atoms with Gasteiger partial charge in [-0.1, -0.05) is 12.2 Å². The number of ether oxygens (including phenoxy) is 2. The lowest BCUT2D eigenvalue weighted by Crippen LogP contribution is -2.26. The van der Waals surface area contributed by atoms with E-state index >= 15 is 0 Å². The fraction of sp³-hybridized carbons (Fsp3) is 0.316. The third-order valence-corrected chi connectivity index (χ3v) is 9.96. The smallest absolute Gasteiger partial charge is 0.276 e. The summed E-state index contributed by atoms with van der Waals surface area (Å²) in [5, 5.41) is 14.7. The van der Waals surface area contributed by atoms with Crippen LogP contribution >= 0.6 is 0 Å². The van der Waals surface area contributed by atoms with Crippen molar-refractivity contribution in [2.45, 2.75) is 65.7 Å². The normalized spacial score (nSPS) is 15.9. The van der Waals surface area contributed by atoms with Crippen LogP contribution in [0.2, 0.25) is 0 Å². The molecule has 56 heavy (non-hydrogen) atoms. The molecule has 2 aromatic carbocycles. The van der Waals surface area contributed by atoms with Gasteiger partial charge in [-0.2, -0.15) is 10.2 Å². The van der Waals surface area contributed by atoms with Gasteiger partial charge in [0.15, 0.2) is 0 Å². The first-order chi connectivity index (χ1) is 26.9. The Morgan fingerprint density at radius 1 is 0.696 bits per heavy atom. The number of nitrogens with two attached hydrogens (primary N) is 2. The van der Waals surface area contributed by atoms with E-state index in [0.717, 1.165) is 0 Å². The third-order valence-electron chi connectivity index (χ3n) is 9.96. The molecule has 0 radical (unpaired) electrons. The predicted octanol–water partition coefficient (Wildman–Crippen LogP) is 4.04. The molecule has 0 bridgehead atoms. The largest absolute Gasteiger partial charge is 0.489 e. The van der Waals surface area contributed by atoms with Gasteiger partial charge in [-0.3, -0.25) is 48.3 Å². The number of allylic oxidation sites excluding steroid dienone is 2. The maximum atomic E-state index is 13.6. The molecule has 8 rings (SSSR count). The summed E-state index contributed by atoms with van der Waals surface area (Å²) in [7, 11) is 0. The second-order valence-corrected chi connectivity index (χ2v) is 13.8. The van der Waals surface area contributed by atoms with E-state index in [2.05, 4.69) is 20.8 Å². The molecular weight excluding hydrogens is 720 g/mol. The van der Waals surface area contributed by atoms with E-state index in [4.69, 9.17) is 30.9 Å². The van der Waals surface area contributed by atoms with Crippen LogP contribution in [0.3, 0.4) is 0 Å². The zero-order valence-electron chi connectivity index (χ0n) is 31.2. The minimum absolute atomic E-state index is 0.230. The van der Waals surface area contributed by atoms with Gasteiger partial charge >= 0.3 is 0 Å². The van der Waals surface area contributed by atoms with Crippen molar-refractivity contribution in [2.75, 3.05) is 23.8 Å². The molecule has 4 aromatic heterocycles. The van der Waals surface area contributed by atoms with Crippen LogP contribution in [0.25, 0.3) is 22.1 Å². The summed E-state index contributed by atoms with van der Waals surface area (Å²) in [4.78, 5) is 60.8. The van der Waals surface area contributed by atoms with Gasteiger partial charge in [0.25, 0.3) is 11.8 Å². The van der Waals surface area contributed by atoms with Gasteiger partial charge in [0.05, 0.1) is 34.5 Å². The molecule has 0 spiro atoms. The lowest BCUT2D eigenvalue weighted by molar-refractivity contribution is 0.0991. The van der Waals surface area contributed by atoms with Crippen LogP contribution in [0.5, 0.6) is 11.5 Å². The fourth-order valence-electron chi connectivity index (χ4n) is 7.43. The number of carbonyl (C=O) groups is 4. The number of aryl methyl sites for hydroxylation is 4. The first-order valence-electron chi connectivity index (χ1n) is 18.3. The molecule has 0 unspecified atom stereocenters. The summed E-state index contributed by atoms with van der Waals surface area (Å²) in [6, 6.07) is 9.21. The standard InChI is InChI=1S/C38H40N12O6/c1-5-47-27(11-19(3)45-47)35(53)43-37-41-25-13-21(33(39)51)15-29-31(25)49(37)23(17-55-29)9-7-8-10-24-18-56-30-16-22(34(40)52)14-26-32(30)50(24)38(42-26)44-36(54)28-12-20(4)46-48(28)6-2/h7-8,11-16,23-24H,5-6,9-10,17-18H2,1-4H3,(H2,39,51)(H2,40,52)(H,41,43,53)(H,42,44,54)/b8-7+/t23-,24-/m0/s1. The Kier molecular flexibility index (Phi) is 9.02. The monoisotopic (exact) mass is 760 g/mol. The molecule has 0 fully saturated rings. The van der Waals surface area contributed by atoms with Gasteiger partial charge < -0.3 is 20.9 Å². The van der Waals surface area contributed by atoms with Crippen molar-refractivity contribution in [1.82, 2.24) is 38.7 Å². The first kappa shape index (κ1) is 36.0. The Labute approximate surface area is 319 Å². The van der Waals surface area contributed by atoms with Crippen molar-refractivity contribution in [3.8, 4) is 11.5 Å². The average Bonchev–Trinajstić information content (AvgIpc) is 3.95. The SMILES string of the molecule is CCn1nc(C)cc1C(=O)Nc1nc2cc(C(N)=O)cc3c2n1[C@@H](C/C=C/C[C@H]1COc2cc(C(N)=O)cc4nc(NC(=O)c5cc(C)nn5CC)n1c24)CO3. The number of hydrogen-bond acceptors (Lipinski definition) is 10. The van der Waals surface area contributed by atoms with E-state index in [9.17, 15) is 19.2 Å². The molecule has 2 aliphatic heterocycles. The minimum atomic E-state index is -0.623. The third kappa shape index (κ3) is 6.27. The number of aromatic nitrogens is 8. The van der Waals surface area contributed by atoms with Gasteiger partial charge in [-0.05, 0) is 76.9 Å². The van der Waals surface area contributed by atoms with Gasteiger partial charge in [0, 0.05) is 24.2 Å². The maximum absolute atomic E-state index is 13.6. The summed E-state index contributed by atoms with van der Waals surface area (Å²) in [5.74, 6) is -0.528. The predicted molar refractivity (Wildman–Crippen MR) is 205 cm³/mol. The molecule has 0 saturated heterocycles. The van der Waals surface area contributed by atoms with E-state index < -0.39 is 11.8 Å². The number of hydrogen-bond donors (Lipinski definition) is 4. The Morgan fingerprint density at radius 2 is 1.11 bits per heavy atom. The van der Waals surface area contributed by atoms with Gasteiger partial charge in [-0.15, -0.1) is 0 Å².